The van der Waals surface area contributed by atoms with Gasteiger partial charge in [0.15, 0.2) is 0 Å². The minimum absolute atomic E-state index is 0.600. The van der Waals surface area contributed by atoms with Crippen LogP contribution in [0.15, 0.2) is 22.0 Å². The Morgan fingerprint density at radius 1 is 1.46 bits per heavy atom. The molecule has 1 aromatic heterocycles. The third-order valence-corrected chi connectivity index (χ3v) is 3.78. The summed E-state index contributed by atoms with van der Waals surface area (Å²) in [6, 6.07) is 4.27. The minimum Gasteiger partial charge on any atom is -0.143 e. The highest BCUT2D eigenvalue weighted by Crippen LogP contribution is 2.32. The first-order chi connectivity index (χ1) is 6.22. The molecule has 1 aromatic carbocycles. The highest BCUT2D eigenvalue weighted by molar-refractivity contribution is 9.10. The predicted molar refractivity (Wildman–Crippen MR) is 63.8 cm³/mol. The van der Waals surface area contributed by atoms with Crippen molar-refractivity contribution in [1.29, 1.82) is 0 Å². The standard InChI is InChI=1S/C10H8BrClS/c1-6-2-8(11)3-9-10(6)7(4-12)5-13-9/h2-3,5H,4H2,1H3. The van der Waals surface area contributed by atoms with Gasteiger partial charge in [-0.15, -0.1) is 22.9 Å². The second kappa shape index (κ2) is 3.60. The normalized spacial score (nSPS) is 11.0. The van der Waals surface area contributed by atoms with Crippen molar-refractivity contribution >= 4 is 49.0 Å². The lowest BCUT2D eigenvalue weighted by Gasteiger charge is -1.99. The van der Waals surface area contributed by atoms with Crippen LogP contribution in [-0.2, 0) is 5.88 Å². The maximum atomic E-state index is 5.85. The highest BCUT2D eigenvalue weighted by atomic mass is 79.9. The zero-order valence-electron chi connectivity index (χ0n) is 7.10. The number of halogens is 2. The molecule has 1 heterocycles. The lowest BCUT2D eigenvalue weighted by atomic mass is 10.1. The van der Waals surface area contributed by atoms with E-state index in [1.807, 2.05) is 0 Å². The third kappa shape index (κ3) is 1.63. The summed E-state index contributed by atoms with van der Waals surface area (Å²) in [4.78, 5) is 0. The molecule has 3 heteroatoms. The van der Waals surface area contributed by atoms with Crippen molar-refractivity contribution in [1.82, 2.24) is 0 Å². The number of benzene rings is 1. The first-order valence-electron chi connectivity index (χ1n) is 3.94. The van der Waals surface area contributed by atoms with Crippen molar-refractivity contribution < 1.29 is 0 Å². The number of thiophene rings is 1. The van der Waals surface area contributed by atoms with Crippen LogP contribution >= 0.6 is 38.9 Å². The monoisotopic (exact) mass is 274 g/mol. The van der Waals surface area contributed by atoms with Gasteiger partial charge in [0.2, 0.25) is 0 Å². The molecule has 0 unspecified atom stereocenters. The van der Waals surface area contributed by atoms with Crippen LogP contribution in [0.4, 0.5) is 0 Å². The van der Waals surface area contributed by atoms with Crippen LogP contribution in [0.5, 0.6) is 0 Å². The van der Waals surface area contributed by atoms with E-state index in [4.69, 9.17) is 11.6 Å². The molecule has 0 saturated carbocycles. The second-order valence-electron chi connectivity index (χ2n) is 2.99. The van der Waals surface area contributed by atoms with Crippen LogP contribution in [0.3, 0.4) is 0 Å². The molecule has 0 amide bonds. The van der Waals surface area contributed by atoms with Crippen LogP contribution in [0, 0.1) is 6.92 Å². The Labute approximate surface area is 94.7 Å². The number of aryl methyl sites for hydroxylation is 1. The summed E-state index contributed by atoms with van der Waals surface area (Å²) in [6.07, 6.45) is 0. The van der Waals surface area contributed by atoms with Crippen LogP contribution in [0.1, 0.15) is 11.1 Å². The molecule has 0 spiro atoms. The third-order valence-electron chi connectivity index (χ3n) is 2.06. The number of fused-ring (bicyclic) bond motifs is 1. The van der Waals surface area contributed by atoms with Gasteiger partial charge < -0.3 is 0 Å². The zero-order chi connectivity index (χ0) is 9.42. The van der Waals surface area contributed by atoms with Gasteiger partial charge in [0, 0.05) is 15.1 Å². The maximum absolute atomic E-state index is 5.85. The molecule has 0 aliphatic carbocycles. The molecular weight excluding hydrogens is 268 g/mol. The van der Waals surface area contributed by atoms with Gasteiger partial charge >= 0.3 is 0 Å². The van der Waals surface area contributed by atoms with Gasteiger partial charge in [0.05, 0.1) is 0 Å². The van der Waals surface area contributed by atoms with Gasteiger partial charge in [0.1, 0.15) is 0 Å². The zero-order valence-corrected chi connectivity index (χ0v) is 10.3. The lowest BCUT2D eigenvalue weighted by Crippen LogP contribution is -1.79. The van der Waals surface area contributed by atoms with E-state index in [0.29, 0.717) is 5.88 Å². The van der Waals surface area contributed by atoms with Crippen LogP contribution < -0.4 is 0 Å². The van der Waals surface area contributed by atoms with Gasteiger partial charge in [-0.25, -0.2) is 0 Å². The number of rotatable bonds is 1. The Bertz CT molecular complexity index is 447. The summed E-state index contributed by atoms with van der Waals surface area (Å²) in [7, 11) is 0. The smallest absolute Gasteiger partial charge is 0.0488 e. The molecule has 0 aliphatic rings. The van der Waals surface area contributed by atoms with Gasteiger partial charge in [-0.3, -0.25) is 0 Å². The molecule has 0 radical (unpaired) electrons. The Kier molecular flexibility index (Phi) is 2.63. The summed E-state index contributed by atoms with van der Waals surface area (Å²) in [5, 5.41) is 3.46. The fraction of sp³-hybridized carbons (Fsp3) is 0.200. The molecule has 13 heavy (non-hydrogen) atoms. The molecule has 0 nitrogen and oxygen atoms in total. The summed E-state index contributed by atoms with van der Waals surface area (Å²) >= 11 is 11.1. The topological polar surface area (TPSA) is 0 Å². The molecule has 0 saturated heterocycles. The SMILES string of the molecule is Cc1cc(Br)cc2scc(CCl)c12. The molecule has 0 fully saturated rings. The Morgan fingerprint density at radius 2 is 2.23 bits per heavy atom. The van der Waals surface area contributed by atoms with Crippen molar-refractivity contribution in [2.75, 3.05) is 0 Å². The first-order valence-corrected chi connectivity index (χ1v) is 6.15. The number of alkyl halides is 1. The van der Waals surface area contributed by atoms with Crippen molar-refractivity contribution in [3.63, 3.8) is 0 Å². The summed E-state index contributed by atoms with van der Waals surface area (Å²) < 4.78 is 2.45. The molecular formula is C10H8BrClS. The average molecular weight is 276 g/mol. The second-order valence-corrected chi connectivity index (χ2v) is 5.08. The van der Waals surface area contributed by atoms with E-state index in [0.717, 1.165) is 4.47 Å². The van der Waals surface area contributed by atoms with E-state index in [1.54, 1.807) is 11.3 Å². The van der Waals surface area contributed by atoms with E-state index in [1.165, 1.54) is 21.2 Å². The van der Waals surface area contributed by atoms with Gasteiger partial charge in [-0.2, -0.15) is 0 Å². The minimum atomic E-state index is 0.600. The molecule has 2 aromatic rings. The molecule has 2 rings (SSSR count). The predicted octanol–water partition coefficient (Wildman–Crippen LogP) is 4.71. The van der Waals surface area contributed by atoms with Gasteiger partial charge in [-0.1, -0.05) is 15.9 Å². The largest absolute Gasteiger partial charge is 0.143 e. The van der Waals surface area contributed by atoms with Gasteiger partial charge in [0.25, 0.3) is 0 Å². The lowest BCUT2D eigenvalue weighted by molar-refractivity contribution is 1.45. The van der Waals surface area contributed by atoms with Crippen LogP contribution in [-0.4, -0.2) is 0 Å². The summed E-state index contributed by atoms with van der Waals surface area (Å²) in [5.41, 5.74) is 2.54. The average Bonchev–Trinajstić information content (AvgIpc) is 2.47. The molecule has 0 atom stereocenters. The number of hydrogen-bond acceptors (Lipinski definition) is 1. The molecule has 0 N–H and O–H groups in total. The van der Waals surface area contributed by atoms with E-state index in [-0.39, 0.29) is 0 Å². The first kappa shape index (κ1) is 9.50. The Morgan fingerprint density at radius 3 is 2.92 bits per heavy atom. The van der Waals surface area contributed by atoms with E-state index in [2.05, 4.69) is 40.4 Å². The van der Waals surface area contributed by atoms with Crippen molar-refractivity contribution in [2.24, 2.45) is 0 Å². The van der Waals surface area contributed by atoms with Crippen molar-refractivity contribution in [2.45, 2.75) is 12.8 Å². The van der Waals surface area contributed by atoms with Gasteiger partial charge in [-0.05, 0) is 40.9 Å². The number of hydrogen-bond donors (Lipinski definition) is 0. The van der Waals surface area contributed by atoms with Crippen molar-refractivity contribution in [3.05, 3.63) is 33.1 Å². The molecule has 68 valence electrons. The van der Waals surface area contributed by atoms with Crippen LogP contribution in [0.2, 0.25) is 0 Å². The Balaban J connectivity index is 2.82. The molecule has 0 aliphatic heterocycles. The maximum Gasteiger partial charge on any atom is 0.0488 e. The van der Waals surface area contributed by atoms with E-state index >= 15 is 0 Å². The quantitative estimate of drug-likeness (QED) is 0.661. The summed E-state index contributed by atoms with van der Waals surface area (Å²) in [6.45, 7) is 2.12. The Hall–Kier alpha value is -0.0500. The van der Waals surface area contributed by atoms with E-state index in [9.17, 15) is 0 Å². The summed E-state index contributed by atoms with van der Waals surface area (Å²) in [5.74, 6) is 0.600. The van der Waals surface area contributed by atoms with E-state index < -0.39 is 0 Å². The van der Waals surface area contributed by atoms with Crippen molar-refractivity contribution in [3.8, 4) is 0 Å². The van der Waals surface area contributed by atoms with Crippen LogP contribution in [0.25, 0.3) is 10.1 Å². The molecule has 0 bridgehead atoms. The highest BCUT2D eigenvalue weighted by Gasteiger charge is 2.06. The fourth-order valence-electron chi connectivity index (χ4n) is 1.51. The fourth-order valence-corrected chi connectivity index (χ4v) is 3.61.